The van der Waals surface area contributed by atoms with Crippen molar-refractivity contribution in [3.63, 3.8) is 0 Å². The maximum Gasteiger partial charge on any atom is 0.123 e. The van der Waals surface area contributed by atoms with Crippen LogP contribution in [0, 0.1) is 0 Å². The predicted octanol–water partition coefficient (Wildman–Crippen LogP) is 2.94. The highest BCUT2D eigenvalue weighted by atomic mass is 16.5. The Kier molecular flexibility index (Phi) is 3.30. The number of aliphatic hydroxyl groups is 1. The van der Waals surface area contributed by atoms with E-state index in [4.69, 9.17) is 4.74 Å². The molecule has 0 fully saturated rings. The van der Waals surface area contributed by atoms with E-state index < -0.39 is 0 Å². The molecule has 0 saturated heterocycles. The number of rotatable bonds is 4. The van der Waals surface area contributed by atoms with Crippen LogP contribution in [0.25, 0.3) is 0 Å². The van der Waals surface area contributed by atoms with Crippen molar-refractivity contribution in [3.8, 4) is 5.75 Å². The van der Waals surface area contributed by atoms with Crippen molar-refractivity contribution >= 4 is 0 Å². The van der Waals surface area contributed by atoms with Crippen LogP contribution in [0.5, 0.6) is 5.75 Å². The third-order valence-electron chi connectivity index (χ3n) is 3.67. The summed E-state index contributed by atoms with van der Waals surface area (Å²) in [5, 5.41) is 9.80. The SMILES string of the molecule is CCC(O)c1ccn(CC2Cc3ccccc3O2)c1. The van der Waals surface area contributed by atoms with E-state index >= 15 is 0 Å². The van der Waals surface area contributed by atoms with Gasteiger partial charge in [-0.05, 0) is 29.7 Å². The van der Waals surface area contributed by atoms with Gasteiger partial charge in [0, 0.05) is 18.8 Å². The zero-order valence-corrected chi connectivity index (χ0v) is 11.1. The summed E-state index contributed by atoms with van der Waals surface area (Å²) in [6.45, 7) is 2.81. The Morgan fingerprint density at radius 3 is 3.00 bits per heavy atom. The first-order chi connectivity index (χ1) is 9.26. The predicted molar refractivity (Wildman–Crippen MR) is 74.2 cm³/mol. The first-order valence-electron chi connectivity index (χ1n) is 6.84. The van der Waals surface area contributed by atoms with E-state index in [1.807, 2.05) is 37.5 Å². The van der Waals surface area contributed by atoms with Gasteiger partial charge in [-0.3, -0.25) is 0 Å². The van der Waals surface area contributed by atoms with Gasteiger partial charge in [0.2, 0.25) is 0 Å². The molecule has 1 aliphatic heterocycles. The van der Waals surface area contributed by atoms with Gasteiger partial charge in [0.25, 0.3) is 0 Å². The zero-order valence-electron chi connectivity index (χ0n) is 11.1. The molecule has 1 aromatic carbocycles. The molecule has 3 heteroatoms. The van der Waals surface area contributed by atoms with Crippen molar-refractivity contribution in [2.45, 2.75) is 38.5 Å². The summed E-state index contributed by atoms with van der Waals surface area (Å²) in [5.41, 5.74) is 2.27. The van der Waals surface area contributed by atoms with Crippen molar-refractivity contribution in [2.24, 2.45) is 0 Å². The molecule has 0 radical (unpaired) electrons. The molecule has 0 spiro atoms. The summed E-state index contributed by atoms with van der Waals surface area (Å²) in [6, 6.07) is 10.2. The van der Waals surface area contributed by atoms with Crippen LogP contribution in [0.15, 0.2) is 42.7 Å². The number of hydrogen-bond donors (Lipinski definition) is 1. The summed E-state index contributed by atoms with van der Waals surface area (Å²) >= 11 is 0. The van der Waals surface area contributed by atoms with Gasteiger partial charge in [0.15, 0.2) is 0 Å². The number of ether oxygens (including phenoxy) is 1. The van der Waals surface area contributed by atoms with Crippen LogP contribution >= 0.6 is 0 Å². The number of hydrogen-bond acceptors (Lipinski definition) is 2. The van der Waals surface area contributed by atoms with Crippen molar-refractivity contribution in [1.82, 2.24) is 4.57 Å². The van der Waals surface area contributed by atoms with E-state index in [1.165, 1.54) is 5.56 Å². The topological polar surface area (TPSA) is 34.4 Å². The molecule has 3 nitrogen and oxygen atoms in total. The number of fused-ring (bicyclic) bond motifs is 1. The highest BCUT2D eigenvalue weighted by molar-refractivity contribution is 5.37. The van der Waals surface area contributed by atoms with Crippen molar-refractivity contribution < 1.29 is 9.84 Å². The highest BCUT2D eigenvalue weighted by Gasteiger charge is 2.22. The molecule has 2 heterocycles. The fourth-order valence-corrected chi connectivity index (χ4v) is 2.60. The Balaban J connectivity index is 1.66. The zero-order chi connectivity index (χ0) is 13.2. The third kappa shape index (κ3) is 2.51. The molecule has 2 atom stereocenters. The van der Waals surface area contributed by atoms with Crippen LogP contribution in [-0.4, -0.2) is 15.8 Å². The summed E-state index contributed by atoms with van der Waals surface area (Å²) in [6.07, 6.45) is 5.57. The third-order valence-corrected chi connectivity index (χ3v) is 3.67. The molecule has 0 bridgehead atoms. The van der Waals surface area contributed by atoms with Gasteiger partial charge in [-0.15, -0.1) is 0 Å². The minimum atomic E-state index is -0.358. The maximum absolute atomic E-state index is 9.80. The van der Waals surface area contributed by atoms with E-state index in [0.29, 0.717) is 0 Å². The standard InChI is InChI=1S/C16H19NO2/c1-2-15(18)13-7-8-17(10-13)11-14-9-12-5-3-4-6-16(12)19-14/h3-8,10,14-15,18H,2,9,11H2,1H3. The molecular formula is C16H19NO2. The Hall–Kier alpha value is -1.74. The maximum atomic E-state index is 9.80. The number of benzene rings is 1. The van der Waals surface area contributed by atoms with Gasteiger partial charge >= 0.3 is 0 Å². The summed E-state index contributed by atoms with van der Waals surface area (Å²) in [5.74, 6) is 1.01. The Bertz CT molecular complexity index is 536. The lowest BCUT2D eigenvalue weighted by atomic mass is 10.1. The molecule has 0 aliphatic carbocycles. The van der Waals surface area contributed by atoms with Crippen LogP contribution in [0.3, 0.4) is 0 Å². The molecule has 19 heavy (non-hydrogen) atoms. The molecule has 3 rings (SSSR count). The molecule has 2 aromatic rings. The van der Waals surface area contributed by atoms with Gasteiger partial charge in [0.1, 0.15) is 11.9 Å². The average Bonchev–Trinajstić information content (AvgIpc) is 3.04. The van der Waals surface area contributed by atoms with Crippen molar-refractivity contribution in [1.29, 1.82) is 0 Å². The van der Waals surface area contributed by atoms with Gasteiger partial charge in [-0.2, -0.15) is 0 Å². The Morgan fingerprint density at radius 2 is 2.21 bits per heavy atom. The van der Waals surface area contributed by atoms with E-state index in [9.17, 15) is 5.11 Å². The second kappa shape index (κ2) is 5.10. The summed E-state index contributed by atoms with van der Waals surface area (Å²) in [4.78, 5) is 0. The Morgan fingerprint density at radius 1 is 1.37 bits per heavy atom. The van der Waals surface area contributed by atoms with Crippen LogP contribution in [-0.2, 0) is 13.0 Å². The van der Waals surface area contributed by atoms with Gasteiger partial charge in [-0.25, -0.2) is 0 Å². The molecular weight excluding hydrogens is 238 g/mol. The molecule has 1 N–H and O–H groups in total. The number of aliphatic hydroxyl groups excluding tert-OH is 1. The van der Waals surface area contributed by atoms with E-state index in [2.05, 4.69) is 16.7 Å². The quantitative estimate of drug-likeness (QED) is 0.913. The molecule has 1 aliphatic rings. The van der Waals surface area contributed by atoms with Crippen LogP contribution < -0.4 is 4.74 Å². The largest absolute Gasteiger partial charge is 0.488 e. The lowest BCUT2D eigenvalue weighted by molar-refractivity contribution is 0.173. The van der Waals surface area contributed by atoms with Crippen LogP contribution in [0.1, 0.15) is 30.6 Å². The number of para-hydroxylation sites is 1. The lowest BCUT2D eigenvalue weighted by Gasteiger charge is -2.11. The molecule has 1 aromatic heterocycles. The second-order valence-corrected chi connectivity index (χ2v) is 5.12. The summed E-state index contributed by atoms with van der Waals surface area (Å²) < 4.78 is 8.03. The molecule has 2 unspecified atom stereocenters. The first-order valence-corrected chi connectivity index (χ1v) is 6.84. The minimum Gasteiger partial charge on any atom is -0.488 e. The smallest absolute Gasteiger partial charge is 0.123 e. The van der Waals surface area contributed by atoms with Gasteiger partial charge in [0.05, 0.1) is 12.6 Å². The minimum absolute atomic E-state index is 0.191. The number of nitrogens with zero attached hydrogens (tertiary/aromatic N) is 1. The average molecular weight is 257 g/mol. The van der Waals surface area contributed by atoms with Crippen LogP contribution in [0.2, 0.25) is 0 Å². The van der Waals surface area contributed by atoms with Gasteiger partial charge < -0.3 is 14.4 Å². The lowest BCUT2D eigenvalue weighted by Crippen LogP contribution is -2.19. The molecule has 0 amide bonds. The van der Waals surface area contributed by atoms with Crippen LogP contribution in [0.4, 0.5) is 0 Å². The van der Waals surface area contributed by atoms with E-state index in [1.54, 1.807) is 0 Å². The first kappa shape index (κ1) is 12.3. The molecule has 0 saturated carbocycles. The van der Waals surface area contributed by atoms with Crippen molar-refractivity contribution in [2.75, 3.05) is 0 Å². The fourth-order valence-electron chi connectivity index (χ4n) is 2.60. The van der Waals surface area contributed by atoms with E-state index in [0.717, 1.165) is 30.7 Å². The monoisotopic (exact) mass is 257 g/mol. The normalized spacial score (nSPS) is 18.9. The fraction of sp³-hybridized carbons (Fsp3) is 0.375. The number of aromatic nitrogens is 1. The highest BCUT2D eigenvalue weighted by Crippen LogP contribution is 2.29. The summed E-state index contributed by atoms with van der Waals surface area (Å²) in [7, 11) is 0. The second-order valence-electron chi connectivity index (χ2n) is 5.12. The molecule has 100 valence electrons. The Labute approximate surface area is 113 Å². The van der Waals surface area contributed by atoms with Gasteiger partial charge in [-0.1, -0.05) is 25.1 Å². The van der Waals surface area contributed by atoms with E-state index in [-0.39, 0.29) is 12.2 Å². The van der Waals surface area contributed by atoms with Crippen molar-refractivity contribution in [3.05, 3.63) is 53.9 Å².